The molecule has 1 aromatic rings. The summed E-state index contributed by atoms with van der Waals surface area (Å²) in [5, 5.41) is 0. The van der Waals surface area contributed by atoms with Crippen LogP contribution in [0.3, 0.4) is 0 Å². The molecule has 0 aromatic heterocycles. The molecule has 82 valence electrons. The predicted octanol–water partition coefficient (Wildman–Crippen LogP) is 1.53. The molecule has 1 aliphatic heterocycles. The molecule has 1 aliphatic rings. The molecule has 0 saturated carbocycles. The monoisotopic (exact) mass is 209 g/mol. The molecule has 0 spiro atoms. The van der Waals surface area contributed by atoms with Gasteiger partial charge in [0.2, 0.25) is 0 Å². The SMILES string of the molecule is COc1cc2c(cc1OC)N(C)CCO2. The lowest BCUT2D eigenvalue weighted by molar-refractivity contribution is 0.304. The van der Waals surface area contributed by atoms with Gasteiger partial charge in [-0.3, -0.25) is 0 Å². The van der Waals surface area contributed by atoms with E-state index in [1.165, 1.54) is 0 Å². The van der Waals surface area contributed by atoms with Crippen LogP contribution in [0.1, 0.15) is 0 Å². The van der Waals surface area contributed by atoms with Crippen LogP contribution < -0.4 is 19.1 Å². The molecular formula is C11H15NO3. The zero-order chi connectivity index (χ0) is 10.8. The Kier molecular flexibility index (Phi) is 2.58. The Labute approximate surface area is 89.4 Å². The average Bonchev–Trinajstić information content (AvgIpc) is 2.28. The second-order valence-corrected chi connectivity index (χ2v) is 3.44. The van der Waals surface area contributed by atoms with E-state index in [9.17, 15) is 0 Å². The normalized spacial score (nSPS) is 14.2. The highest BCUT2D eigenvalue weighted by molar-refractivity contribution is 5.66. The van der Waals surface area contributed by atoms with Gasteiger partial charge in [-0.15, -0.1) is 0 Å². The van der Waals surface area contributed by atoms with Gasteiger partial charge in [-0.05, 0) is 0 Å². The summed E-state index contributed by atoms with van der Waals surface area (Å²) < 4.78 is 16.0. The van der Waals surface area contributed by atoms with Crippen molar-refractivity contribution in [3.63, 3.8) is 0 Å². The summed E-state index contributed by atoms with van der Waals surface area (Å²) in [6, 6.07) is 3.80. The fourth-order valence-electron chi connectivity index (χ4n) is 1.68. The molecule has 0 bridgehead atoms. The number of fused-ring (bicyclic) bond motifs is 1. The second-order valence-electron chi connectivity index (χ2n) is 3.44. The maximum atomic E-state index is 5.56. The smallest absolute Gasteiger partial charge is 0.164 e. The summed E-state index contributed by atoms with van der Waals surface area (Å²) >= 11 is 0. The van der Waals surface area contributed by atoms with Gasteiger partial charge in [0.15, 0.2) is 11.5 Å². The van der Waals surface area contributed by atoms with Crippen LogP contribution in [0, 0.1) is 0 Å². The molecule has 0 fully saturated rings. The van der Waals surface area contributed by atoms with Crippen LogP contribution in [-0.2, 0) is 0 Å². The van der Waals surface area contributed by atoms with Gasteiger partial charge in [0, 0.05) is 19.2 Å². The van der Waals surface area contributed by atoms with Crippen LogP contribution in [0.2, 0.25) is 0 Å². The lowest BCUT2D eigenvalue weighted by atomic mass is 10.2. The first-order valence-electron chi connectivity index (χ1n) is 4.86. The van der Waals surface area contributed by atoms with E-state index in [4.69, 9.17) is 14.2 Å². The Morgan fingerprint density at radius 1 is 1.20 bits per heavy atom. The number of benzene rings is 1. The van der Waals surface area contributed by atoms with Gasteiger partial charge in [0.1, 0.15) is 12.4 Å². The molecule has 0 aliphatic carbocycles. The minimum Gasteiger partial charge on any atom is -0.493 e. The zero-order valence-electron chi connectivity index (χ0n) is 9.24. The fraction of sp³-hybridized carbons (Fsp3) is 0.455. The zero-order valence-corrected chi connectivity index (χ0v) is 9.24. The summed E-state index contributed by atoms with van der Waals surface area (Å²) in [6.45, 7) is 1.60. The average molecular weight is 209 g/mol. The maximum absolute atomic E-state index is 5.56. The van der Waals surface area contributed by atoms with Gasteiger partial charge >= 0.3 is 0 Å². The van der Waals surface area contributed by atoms with Crippen molar-refractivity contribution < 1.29 is 14.2 Å². The van der Waals surface area contributed by atoms with Crippen molar-refractivity contribution in [3.05, 3.63) is 12.1 Å². The lowest BCUT2D eigenvalue weighted by Gasteiger charge is -2.28. The molecule has 0 radical (unpaired) electrons. The van der Waals surface area contributed by atoms with Crippen LogP contribution in [0.4, 0.5) is 5.69 Å². The minimum absolute atomic E-state index is 0.701. The molecular weight excluding hydrogens is 194 g/mol. The van der Waals surface area contributed by atoms with Crippen LogP contribution in [0.25, 0.3) is 0 Å². The van der Waals surface area contributed by atoms with Crippen molar-refractivity contribution in [1.82, 2.24) is 0 Å². The van der Waals surface area contributed by atoms with Crippen molar-refractivity contribution in [2.24, 2.45) is 0 Å². The molecule has 1 aromatic carbocycles. The van der Waals surface area contributed by atoms with Crippen molar-refractivity contribution in [2.75, 3.05) is 39.3 Å². The number of anilines is 1. The summed E-state index contributed by atoms with van der Waals surface area (Å²) in [5.74, 6) is 2.28. The standard InChI is InChI=1S/C11H15NO3/c1-12-4-5-15-9-7-11(14-3)10(13-2)6-8(9)12/h6-7H,4-5H2,1-3H3. The van der Waals surface area contributed by atoms with Gasteiger partial charge in [0.05, 0.1) is 26.5 Å². The highest BCUT2D eigenvalue weighted by Gasteiger charge is 2.18. The summed E-state index contributed by atoms with van der Waals surface area (Å²) in [4.78, 5) is 2.14. The van der Waals surface area contributed by atoms with Gasteiger partial charge in [-0.25, -0.2) is 0 Å². The lowest BCUT2D eigenvalue weighted by Crippen LogP contribution is -2.28. The molecule has 4 heteroatoms. The third-order valence-electron chi connectivity index (χ3n) is 2.56. The number of ether oxygens (including phenoxy) is 3. The molecule has 0 unspecified atom stereocenters. The largest absolute Gasteiger partial charge is 0.493 e. The summed E-state index contributed by atoms with van der Waals surface area (Å²) in [7, 11) is 5.29. The quantitative estimate of drug-likeness (QED) is 0.739. The second kappa shape index (κ2) is 3.88. The van der Waals surface area contributed by atoms with Crippen molar-refractivity contribution in [3.8, 4) is 17.2 Å². The van der Waals surface area contributed by atoms with E-state index < -0.39 is 0 Å². The van der Waals surface area contributed by atoms with Crippen molar-refractivity contribution in [2.45, 2.75) is 0 Å². The van der Waals surface area contributed by atoms with E-state index in [-0.39, 0.29) is 0 Å². The van der Waals surface area contributed by atoms with Crippen LogP contribution in [0.5, 0.6) is 17.2 Å². The number of hydrogen-bond acceptors (Lipinski definition) is 4. The molecule has 0 atom stereocenters. The van der Waals surface area contributed by atoms with Crippen LogP contribution in [-0.4, -0.2) is 34.4 Å². The molecule has 15 heavy (non-hydrogen) atoms. The number of likely N-dealkylation sites (N-methyl/N-ethyl adjacent to an activating group) is 1. The topological polar surface area (TPSA) is 30.9 Å². The van der Waals surface area contributed by atoms with Crippen LogP contribution >= 0.6 is 0 Å². The van der Waals surface area contributed by atoms with Gasteiger partial charge in [-0.2, -0.15) is 0 Å². The molecule has 0 saturated heterocycles. The van der Waals surface area contributed by atoms with Gasteiger partial charge in [-0.1, -0.05) is 0 Å². The van der Waals surface area contributed by atoms with Crippen LogP contribution in [0.15, 0.2) is 12.1 Å². The molecule has 2 rings (SSSR count). The van der Waals surface area contributed by atoms with Crippen molar-refractivity contribution in [1.29, 1.82) is 0 Å². The van der Waals surface area contributed by atoms with E-state index in [0.29, 0.717) is 12.4 Å². The van der Waals surface area contributed by atoms with Gasteiger partial charge < -0.3 is 19.1 Å². The van der Waals surface area contributed by atoms with E-state index in [1.54, 1.807) is 14.2 Å². The molecule has 0 N–H and O–H groups in total. The number of nitrogens with zero attached hydrogens (tertiary/aromatic N) is 1. The van der Waals surface area contributed by atoms with E-state index in [0.717, 1.165) is 23.7 Å². The van der Waals surface area contributed by atoms with Crippen molar-refractivity contribution >= 4 is 5.69 Å². The Bertz CT molecular complexity index is 365. The number of hydrogen-bond donors (Lipinski definition) is 0. The Balaban J connectivity index is 2.48. The molecule has 0 amide bonds. The minimum atomic E-state index is 0.701. The summed E-state index contributed by atoms with van der Waals surface area (Å²) in [6.07, 6.45) is 0. The molecule has 1 heterocycles. The predicted molar refractivity (Wildman–Crippen MR) is 58.3 cm³/mol. The first kappa shape index (κ1) is 9.96. The number of rotatable bonds is 2. The Hall–Kier alpha value is -1.58. The number of methoxy groups -OCH3 is 2. The Morgan fingerprint density at radius 2 is 1.87 bits per heavy atom. The highest BCUT2D eigenvalue weighted by atomic mass is 16.5. The molecule has 4 nitrogen and oxygen atoms in total. The maximum Gasteiger partial charge on any atom is 0.164 e. The highest BCUT2D eigenvalue weighted by Crippen LogP contribution is 2.40. The van der Waals surface area contributed by atoms with E-state index in [2.05, 4.69) is 4.90 Å². The fourth-order valence-corrected chi connectivity index (χ4v) is 1.68. The third kappa shape index (κ3) is 1.67. The van der Waals surface area contributed by atoms with E-state index >= 15 is 0 Å². The Morgan fingerprint density at radius 3 is 2.53 bits per heavy atom. The van der Waals surface area contributed by atoms with Gasteiger partial charge in [0.25, 0.3) is 0 Å². The summed E-state index contributed by atoms with van der Waals surface area (Å²) in [5.41, 5.74) is 1.04. The van der Waals surface area contributed by atoms with E-state index in [1.807, 2.05) is 19.2 Å². The first-order valence-corrected chi connectivity index (χ1v) is 4.86. The first-order chi connectivity index (χ1) is 7.26. The third-order valence-corrected chi connectivity index (χ3v) is 2.56.